The topological polar surface area (TPSA) is 70.7 Å². The average Bonchev–Trinajstić information content (AvgIpc) is 3.18. The van der Waals surface area contributed by atoms with Gasteiger partial charge in [0.2, 0.25) is 5.78 Å². The van der Waals surface area contributed by atoms with Gasteiger partial charge in [0.25, 0.3) is 5.56 Å². The molecule has 0 unspecified atom stereocenters. The van der Waals surface area contributed by atoms with Crippen LogP contribution in [0.2, 0.25) is 0 Å². The largest absolute Gasteiger partial charge is 0.496 e. The Morgan fingerprint density at radius 1 is 1.10 bits per heavy atom. The summed E-state index contributed by atoms with van der Waals surface area (Å²) in [5.41, 5.74) is 3.02. The first-order valence-corrected chi connectivity index (χ1v) is 10.7. The Labute approximate surface area is 178 Å². The molecule has 7 nitrogen and oxygen atoms in total. The first-order chi connectivity index (χ1) is 14.6. The van der Waals surface area contributed by atoms with E-state index in [1.807, 2.05) is 40.8 Å². The van der Waals surface area contributed by atoms with E-state index in [0.29, 0.717) is 30.1 Å². The summed E-state index contributed by atoms with van der Waals surface area (Å²) in [6.45, 7) is 3.16. The number of aryl methyl sites for hydroxylation is 2. The first kappa shape index (κ1) is 20.4. The van der Waals surface area contributed by atoms with Gasteiger partial charge in [-0.2, -0.15) is 0 Å². The van der Waals surface area contributed by atoms with Crippen LogP contribution in [0.5, 0.6) is 5.75 Å². The van der Waals surface area contributed by atoms with Crippen LogP contribution < -0.4 is 10.3 Å². The maximum absolute atomic E-state index is 13.1. The van der Waals surface area contributed by atoms with Gasteiger partial charge in [-0.25, -0.2) is 0 Å². The van der Waals surface area contributed by atoms with E-state index in [2.05, 4.69) is 23.2 Å². The number of methoxy groups -OCH3 is 2. The van der Waals surface area contributed by atoms with Gasteiger partial charge in [0.05, 0.1) is 18.0 Å². The van der Waals surface area contributed by atoms with Crippen LogP contribution in [0.15, 0.2) is 52.4 Å². The van der Waals surface area contributed by atoms with E-state index in [9.17, 15) is 4.79 Å². The molecular formula is C22H24N4O3S. The third kappa shape index (κ3) is 3.80. The minimum atomic E-state index is -0.0569. The number of hydrogen-bond donors (Lipinski definition) is 0. The molecule has 0 aliphatic heterocycles. The van der Waals surface area contributed by atoms with Gasteiger partial charge in [0.15, 0.2) is 5.16 Å². The van der Waals surface area contributed by atoms with Crippen LogP contribution >= 0.6 is 11.8 Å². The Kier molecular flexibility index (Phi) is 6.06. The lowest BCUT2D eigenvalue weighted by Gasteiger charge is -2.12. The molecule has 0 radical (unpaired) electrons. The molecule has 4 aromatic rings. The van der Waals surface area contributed by atoms with Gasteiger partial charge >= 0.3 is 0 Å². The molecule has 2 heterocycles. The first-order valence-electron chi connectivity index (χ1n) is 9.76. The smallest absolute Gasteiger partial charge is 0.262 e. The number of fused-ring (bicyclic) bond motifs is 3. The molecule has 0 spiro atoms. The van der Waals surface area contributed by atoms with Gasteiger partial charge < -0.3 is 9.47 Å². The lowest BCUT2D eigenvalue weighted by Crippen LogP contribution is -2.24. The minimum absolute atomic E-state index is 0.0569. The highest BCUT2D eigenvalue weighted by atomic mass is 32.2. The average molecular weight is 425 g/mol. The molecule has 0 N–H and O–H groups in total. The van der Waals surface area contributed by atoms with Crippen LogP contribution in [0.1, 0.15) is 17.5 Å². The van der Waals surface area contributed by atoms with Gasteiger partial charge in [0.1, 0.15) is 5.75 Å². The molecule has 0 atom stereocenters. The SMILES string of the molecule is COCCCn1c(=O)c2ccccc2n2c(SCc3cc(C)ccc3OC)nnc12. The van der Waals surface area contributed by atoms with E-state index in [-0.39, 0.29) is 5.56 Å². The predicted molar refractivity (Wildman–Crippen MR) is 119 cm³/mol. The van der Waals surface area contributed by atoms with Crippen LogP contribution in [0, 0.1) is 6.92 Å². The summed E-state index contributed by atoms with van der Waals surface area (Å²) in [5, 5.41) is 10.2. The minimum Gasteiger partial charge on any atom is -0.496 e. The fourth-order valence-electron chi connectivity index (χ4n) is 3.56. The van der Waals surface area contributed by atoms with Crippen LogP contribution in [-0.2, 0) is 17.0 Å². The molecule has 0 saturated heterocycles. The predicted octanol–water partition coefficient (Wildman–Crippen LogP) is 3.69. The summed E-state index contributed by atoms with van der Waals surface area (Å²) in [7, 11) is 3.33. The van der Waals surface area contributed by atoms with E-state index >= 15 is 0 Å². The van der Waals surface area contributed by atoms with Gasteiger partial charge in [-0.05, 0) is 31.5 Å². The van der Waals surface area contributed by atoms with Crippen molar-refractivity contribution in [1.29, 1.82) is 0 Å². The quantitative estimate of drug-likeness (QED) is 0.317. The molecule has 0 saturated carbocycles. The molecular weight excluding hydrogens is 400 g/mol. The maximum atomic E-state index is 13.1. The molecule has 4 rings (SSSR count). The third-order valence-electron chi connectivity index (χ3n) is 5.00. The van der Waals surface area contributed by atoms with Crippen molar-refractivity contribution in [2.24, 2.45) is 0 Å². The normalized spacial score (nSPS) is 11.4. The number of nitrogens with zero attached hydrogens (tertiary/aromatic N) is 4. The van der Waals surface area contributed by atoms with Gasteiger partial charge in [-0.15, -0.1) is 10.2 Å². The van der Waals surface area contributed by atoms with Crippen molar-refractivity contribution < 1.29 is 9.47 Å². The molecule has 0 aliphatic carbocycles. The molecule has 156 valence electrons. The van der Waals surface area contributed by atoms with Crippen LogP contribution in [-0.4, -0.2) is 40.0 Å². The highest BCUT2D eigenvalue weighted by molar-refractivity contribution is 7.98. The Hall–Kier alpha value is -2.84. The number of rotatable bonds is 8. The van der Waals surface area contributed by atoms with Crippen molar-refractivity contribution in [2.75, 3.05) is 20.8 Å². The highest BCUT2D eigenvalue weighted by Gasteiger charge is 2.17. The molecule has 2 aromatic carbocycles. The van der Waals surface area contributed by atoms with E-state index < -0.39 is 0 Å². The summed E-state index contributed by atoms with van der Waals surface area (Å²) in [4.78, 5) is 13.1. The molecule has 30 heavy (non-hydrogen) atoms. The molecule has 0 fully saturated rings. The second-order valence-electron chi connectivity index (χ2n) is 7.04. The molecule has 2 aromatic heterocycles. The zero-order valence-corrected chi connectivity index (χ0v) is 18.1. The number of hydrogen-bond acceptors (Lipinski definition) is 6. The lowest BCUT2D eigenvalue weighted by molar-refractivity contribution is 0.190. The summed E-state index contributed by atoms with van der Waals surface area (Å²) in [6, 6.07) is 13.7. The summed E-state index contributed by atoms with van der Waals surface area (Å²) < 4.78 is 14.3. The Bertz CT molecular complexity index is 1250. The second kappa shape index (κ2) is 8.89. The van der Waals surface area contributed by atoms with Crippen LogP contribution in [0.4, 0.5) is 0 Å². The second-order valence-corrected chi connectivity index (χ2v) is 7.98. The molecule has 0 bridgehead atoms. The summed E-state index contributed by atoms with van der Waals surface area (Å²) in [6.07, 6.45) is 0.722. The fourth-order valence-corrected chi connectivity index (χ4v) is 4.48. The Balaban J connectivity index is 1.78. The zero-order chi connectivity index (χ0) is 21.1. The molecule has 0 aliphatic rings. The summed E-state index contributed by atoms with van der Waals surface area (Å²) in [5.74, 6) is 2.08. The van der Waals surface area contributed by atoms with Crippen molar-refractivity contribution >= 4 is 28.4 Å². The van der Waals surface area contributed by atoms with Gasteiger partial charge in [-0.3, -0.25) is 13.8 Å². The number of para-hydroxylation sites is 1. The highest BCUT2D eigenvalue weighted by Crippen LogP contribution is 2.29. The standard InChI is InChI=1S/C22H24N4O3S/c1-15-9-10-19(29-3)16(13-15)14-30-22-24-23-21-25(11-6-12-28-2)20(27)17-7-4-5-8-18(17)26(21)22/h4-5,7-10,13H,6,11-12,14H2,1-3H3. The van der Waals surface area contributed by atoms with E-state index in [1.165, 1.54) is 5.56 Å². The van der Waals surface area contributed by atoms with Gasteiger partial charge in [0, 0.05) is 31.6 Å². The van der Waals surface area contributed by atoms with Crippen molar-refractivity contribution in [3.63, 3.8) is 0 Å². The van der Waals surface area contributed by atoms with E-state index in [1.54, 1.807) is 30.5 Å². The van der Waals surface area contributed by atoms with Crippen molar-refractivity contribution in [1.82, 2.24) is 19.2 Å². The van der Waals surface area contributed by atoms with E-state index in [4.69, 9.17) is 9.47 Å². The van der Waals surface area contributed by atoms with Gasteiger partial charge in [-0.1, -0.05) is 41.6 Å². The number of benzene rings is 2. The molecule has 0 amide bonds. The zero-order valence-electron chi connectivity index (χ0n) is 17.3. The van der Waals surface area contributed by atoms with Crippen LogP contribution in [0.25, 0.3) is 16.7 Å². The van der Waals surface area contributed by atoms with Crippen molar-refractivity contribution in [3.05, 3.63) is 63.9 Å². The van der Waals surface area contributed by atoms with Crippen molar-refractivity contribution in [3.8, 4) is 5.75 Å². The fraction of sp³-hybridized carbons (Fsp3) is 0.318. The number of thioether (sulfide) groups is 1. The molecule has 8 heteroatoms. The monoisotopic (exact) mass is 424 g/mol. The number of ether oxygens (including phenoxy) is 2. The number of aromatic nitrogens is 4. The van der Waals surface area contributed by atoms with Crippen molar-refractivity contribution in [2.45, 2.75) is 30.8 Å². The summed E-state index contributed by atoms with van der Waals surface area (Å²) >= 11 is 1.57. The maximum Gasteiger partial charge on any atom is 0.262 e. The lowest BCUT2D eigenvalue weighted by atomic mass is 10.1. The third-order valence-corrected chi connectivity index (χ3v) is 5.98. The van der Waals surface area contributed by atoms with E-state index in [0.717, 1.165) is 28.4 Å². The Morgan fingerprint density at radius 3 is 2.73 bits per heavy atom. The Morgan fingerprint density at radius 2 is 1.93 bits per heavy atom. The van der Waals surface area contributed by atoms with Crippen LogP contribution in [0.3, 0.4) is 0 Å².